The third-order valence-corrected chi connectivity index (χ3v) is 6.43. The van der Waals surface area contributed by atoms with Gasteiger partial charge in [0.05, 0.1) is 6.04 Å². The maximum absolute atomic E-state index is 15.0. The van der Waals surface area contributed by atoms with E-state index in [1.165, 1.54) is 6.92 Å². The SMILES string of the molecule is Cc1ncc2c(NC3c4ccc(F)c(O)c4C(C)(C)CC3(O)C(F)(F)C(F)(F)F)cc(F)c(F)c2n1. The first-order valence-electron chi connectivity index (χ1n) is 10.5. The van der Waals surface area contributed by atoms with Gasteiger partial charge in [-0.1, -0.05) is 19.9 Å². The highest BCUT2D eigenvalue weighted by atomic mass is 19.4. The molecule has 1 heterocycles. The van der Waals surface area contributed by atoms with Gasteiger partial charge in [-0.15, -0.1) is 0 Å². The lowest BCUT2D eigenvalue weighted by molar-refractivity contribution is -0.349. The predicted molar refractivity (Wildman–Crippen MR) is 112 cm³/mol. The van der Waals surface area contributed by atoms with Crippen molar-refractivity contribution >= 4 is 16.6 Å². The minimum Gasteiger partial charge on any atom is -0.505 e. The van der Waals surface area contributed by atoms with Crippen molar-refractivity contribution in [3.63, 3.8) is 0 Å². The van der Waals surface area contributed by atoms with E-state index in [0.29, 0.717) is 12.1 Å². The summed E-state index contributed by atoms with van der Waals surface area (Å²) in [5.74, 6) is -10.8. The van der Waals surface area contributed by atoms with Crippen LogP contribution in [0.2, 0.25) is 0 Å². The summed E-state index contributed by atoms with van der Waals surface area (Å²) in [4.78, 5) is 7.59. The van der Waals surface area contributed by atoms with Gasteiger partial charge in [0, 0.05) is 28.9 Å². The van der Waals surface area contributed by atoms with Crippen LogP contribution in [0.1, 0.15) is 43.3 Å². The van der Waals surface area contributed by atoms with Crippen LogP contribution in [0.25, 0.3) is 10.9 Å². The molecule has 1 aromatic heterocycles. The molecule has 5 nitrogen and oxygen atoms in total. The zero-order chi connectivity index (χ0) is 27.0. The summed E-state index contributed by atoms with van der Waals surface area (Å²) in [7, 11) is 0. The van der Waals surface area contributed by atoms with Crippen molar-refractivity contribution in [3.05, 3.63) is 58.8 Å². The summed E-state index contributed by atoms with van der Waals surface area (Å²) in [6, 6.07) is -0.418. The van der Waals surface area contributed by atoms with Gasteiger partial charge >= 0.3 is 12.1 Å². The van der Waals surface area contributed by atoms with E-state index in [0.717, 1.165) is 26.1 Å². The molecule has 0 amide bonds. The van der Waals surface area contributed by atoms with Crippen LogP contribution in [-0.2, 0) is 5.41 Å². The fourth-order valence-corrected chi connectivity index (χ4v) is 4.88. The molecule has 0 radical (unpaired) electrons. The lowest BCUT2D eigenvalue weighted by atomic mass is 9.61. The Balaban J connectivity index is 2.04. The molecule has 0 saturated carbocycles. The number of anilines is 1. The Kier molecular flexibility index (Phi) is 5.67. The number of nitrogens with zero attached hydrogens (tertiary/aromatic N) is 2. The molecule has 3 aromatic rings. The Morgan fingerprint density at radius 3 is 2.31 bits per heavy atom. The van der Waals surface area contributed by atoms with Crippen LogP contribution in [0.3, 0.4) is 0 Å². The van der Waals surface area contributed by atoms with E-state index < -0.39 is 75.5 Å². The second kappa shape index (κ2) is 7.89. The number of halogens is 8. The topological polar surface area (TPSA) is 78.3 Å². The number of hydrogen-bond acceptors (Lipinski definition) is 5. The second-order valence-electron chi connectivity index (χ2n) is 9.39. The number of alkyl halides is 5. The van der Waals surface area contributed by atoms with Gasteiger partial charge in [0.2, 0.25) is 0 Å². The van der Waals surface area contributed by atoms with E-state index in [-0.39, 0.29) is 16.8 Å². The van der Waals surface area contributed by atoms with E-state index in [9.17, 15) is 45.3 Å². The van der Waals surface area contributed by atoms with Gasteiger partial charge in [-0.25, -0.2) is 23.1 Å². The summed E-state index contributed by atoms with van der Waals surface area (Å²) in [5.41, 5.74) is -7.63. The zero-order valence-corrected chi connectivity index (χ0v) is 18.9. The van der Waals surface area contributed by atoms with Crippen LogP contribution in [-0.4, -0.2) is 37.9 Å². The Bertz CT molecular complexity index is 1380. The molecule has 2 aromatic carbocycles. The summed E-state index contributed by atoms with van der Waals surface area (Å²) < 4.78 is 114. The second-order valence-corrected chi connectivity index (χ2v) is 9.39. The number of aromatic hydroxyl groups is 1. The van der Waals surface area contributed by atoms with Crippen LogP contribution >= 0.6 is 0 Å². The number of benzene rings is 2. The molecule has 1 aliphatic carbocycles. The number of rotatable bonds is 3. The highest BCUT2D eigenvalue weighted by Gasteiger charge is 2.74. The van der Waals surface area contributed by atoms with Crippen molar-refractivity contribution in [1.29, 1.82) is 0 Å². The number of aryl methyl sites for hydroxylation is 1. The molecule has 3 N–H and O–H groups in total. The minimum atomic E-state index is -6.23. The Hall–Kier alpha value is -3.22. The van der Waals surface area contributed by atoms with Gasteiger partial charge in [0.15, 0.2) is 28.8 Å². The van der Waals surface area contributed by atoms with Crippen molar-refractivity contribution in [3.8, 4) is 5.75 Å². The molecule has 1 aliphatic rings. The fourth-order valence-electron chi connectivity index (χ4n) is 4.88. The maximum Gasteiger partial charge on any atom is 0.456 e. The fraction of sp³-hybridized carbons (Fsp3) is 0.391. The van der Waals surface area contributed by atoms with Crippen molar-refractivity contribution < 1.29 is 45.3 Å². The highest BCUT2D eigenvalue weighted by molar-refractivity contribution is 5.91. The number of phenols is 1. The standard InChI is InChI=1S/C23H19F8N3O2/c1-9-32-7-11-14(6-13(25)16(26)17(11)33-9)34-19-10-4-5-12(24)18(35)15(10)20(2,3)8-21(19,36)22(27,28)23(29,30)31/h4-7,19,34-36H,8H2,1-3H3. The zero-order valence-electron chi connectivity index (χ0n) is 18.9. The van der Waals surface area contributed by atoms with Gasteiger partial charge in [-0.05, 0) is 30.4 Å². The average Bonchev–Trinajstić information content (AvgIpc) is 2.75. The van der Waals surface area contributed by atoms with E-state index >= 15 is 0 Å². The van der Waals surface area contributed by atoms with E-state index in [1.807, 2.05) is 0 Å². The number of phenolic OH excluding ortho intramolecular Hbond substituents is 1. The molecule has 0 fully saturated rings. The quantitative estimate of drug-likeness (QED) is 0.379. The summed E-state index contributed by atoms with van der Waals surface area (Å²) in [6.07, 6.45) is -6.53. The molecule has 13 heteroatoms. The molecule has 4 rings (SSSR count). The Morgan fingerprint density at radius 2 is 1.69 bits per heavy atom. The third kappa shape index (κ3) is 3.62. The van der Waals surface area contributed by atoms with Gasteiger partial charge in [0.1, 0.15) is 11.3 Å². The summed E-state index contributed by atoms with van der Waals surface area (Å²) in [5, 5.41) is 23.5. The minimum absolute atomic E-state index is 0.0169. The first kappa shape index (κ1) is 25.9. The smallest absolute Gasteiger partial charge is 0.456 e. The molecule has 194 valence electrons. The largest absolute Gasteiger partial charge is 0.505 e. The normalized spacial score (nSPS) is 21.9. The van der Waals surface area contributed by atoms with E-state index in [4.69, 9.17) is 0 Å². The average molecular weight is 521 g/mol. The maximum atomic E-state index is 15.0. The van der Waals surface area contributed by atoms with Crippen molar-refractivity contribution in [1.82, 2.24) is 9.97 Å². The summed E-state index contributed by atoms with van der Waals surface area (Å²) >= 11 is 0. The Morgan fingerprint density at radius 1 is 1.06 bits per heavy atom. The van der Waals surface area contributed by atoms with Gasteiger partial charge in [-0.3, -0.25) is 0 Å². The lowest BCUT2D eigenvalue weighted by Gasteiger charge is -2.51. The van der Waals surface area contributed by atoms with Crippen LogP contribution in [0.5, 0.6) is 5.75 Å². The van der Waals surface area contributed by atoms with Crippen LogP contribution in [0, 0.1) is 24.4 Å². The Labute approximate surface area is 198 Å². The first-order valence-corrected chi connectivity index (χ1v) is 10.5. The van der Waals surface area contributed by atoms with Crippen molar-refractivity contribution in [2.24, 2.45) is 0 Å². The van der Waals surface area contributed by atoms with Crippen molar-refractivity contribution in [2.45, 2.75) is 56.3 Å². The van der Waals surface area contributed by atoms with E-state index in [2.05, 4.69) is 15.3 Å². The molecule has 2 atom stereocenters. The number of hydrogen-bond donors (Lipinski definition) is 3. The number of fused-ring (bicyclic) bond motifs is 2. The molecule has 2 unspecified atom stereocenters. The van der Waals surface area contributed by atoms with E-state index in [1.54, 1.807) is 0 Å². The number of nitrogens with one attached hydrogen (secondary N) is 1. The molecular weight excluding hydrogens is 502 g/mol. The summed E-state index contributed by atoms with van der Waals surface area (Å²) in [6.45, 7) is 3.67. The first-order chi connectivity index (χ1) is 16.4. The monoisotopic (exact) mass is 521 g/mol. The van der Waals surface area contributed by atoms with Gasteiger partial charge < -0.3 is 15.5 Å². The molecule has 0 bridgehead atoms. The van der Waals surface area contributed by atoms with Crippen LogP contribution < -0.4 is 5.32 Å². The van der Waals surface area contributed by atoms with Crippen LogP contribution in [0.4, 0.5) is 40.8 Å². The van der Waals surface area contributed by atoms with Crippen molar-refractivity contribution in [2.75, 3.05) is 5.32 Å². The molecular formula is C23H19F8N3O2. The molecule has 0 saturated heterocycles. The molecule has 0 spiro atoms. The molecule has 0 aliphatic heterocycles. The lowest BCUT2D eigenvalue weighted by Crippen LogP contribution is -2.65. The van der Waals surface area contributed by atoms with Gasteiger partial charge in [0.25, 0.3) is 0 Å². The predicted octanol–water partition coefficient (Wildman–Crippen LogP) is 5.82. The highest BCUT2D eigenvalue weighted by Crippen LogP contribution is 2.59. The third-order valence-electron chi connectivity index (χ3n) is 6.43. The molecule has 36 heavy (non-hydrogen) atoms. The van der Waals surface area contributed by atoms with Gasteiger partial charge in [-0.2, -0.15) is 22.0 Å². The number of aromatic nitrogens is 2. The number of aliphatic hydroxyl groups is 1. The van der Waals surface area contributed by atoms with Crippen LogP contribution in [0.15, 0.2) is 24.4 Å².